The number of fused-ring (bicyclic) bond motifs is 1. The largest absolute Gasteiger partial charge is 0.413 e. The van der Waals surface area contributed by atoms with Crippen LogP contribution in [0, 0.1) is 23.7 Å². The lowest BCUT2D eigenvalue weighted by atomic mass is 9.91. The van der Waals surface area contributed by atoms with Gasteiger partial charge in [0.2, 0.25) is 0 Å². The van der Waals surface area contributed by atoms with Crippen molar-refractivity contribution in [2.24, 2.45) is 11.8 Å². The number of allylic oxidation sites excluding steroid dienone is 5. The quantitative estimate of drug-likeness (QED) is 0.514. The van der Waals surface area contributed by atoms with Crippen molar-refractivity contribution < 1.29 is 18.0 Å². The molecule has 0 aromatic carbocycles. The van der Waals surface area contributed by atoms with Crippen LogP contribution in [0.4, 0.5) is 13.2 Å². The topological polar surface area (TPSA) is 59.3 Å². The average Bonchev–Trinajstić information content (AvgIpc) is 3.17. The second kappa shape index (κ2) is 9.90. The van der Waals surface area contributed by atoms with Gasteiger partial charge in [0.1, 0.15) is 5.69 Å². The number of carbonyl (C=O) groups is 1. The van der Waals surface area contributed by atoms with Gasteiger partial charge in [0.05, 0.1) is 6.20 Å². The van der Waals surface area contributed by atoms with Crippen molar-refractivity contribution in [1.82, 2.24) is 19.9 Å². The zero-order chi connectivity index (χ0) is 24.2. The van der Waals surface area contributed by atoms with Gasteiger partial charge in [-0.15, -0.1) is 0 Å². The molecule has 5 nitrogen and oxygen atoms in total. The highest BCUT2D eigenvalue weighted by Crippen LogP contribution is 2.32. The van der Waals surface area contributed by atoms with Crippen LogP contribution >= 0.6 is 0 Å². The van der Waals surface area contributed by atoms with E-state index in [9.17, 15) is 18.0 Å². The van der Waals surface area contributed by atoms with Gasteiger partial charge in [-0.25, -0.2) is 9.50 Å². The molecule has 0 spiro atoms. The maximum absolute atomic E-state index is 13.3. The standard InChI is InChI=1S/C25H25F3N4O/c1-5-19(14-22(16(2)3)25(26,27)28)31-24(33)21-13-18(9-8-17(21)4)10-11-20-15-29-23-7-6-12-30-32(20)23/h5-8,12-16,18H,9H2,1-4H3,(H,31,33)/b19-5+,22-14+. The molecule has 172 valence electrons. The molecule has 1 atom stereocenters. The highest BCUT2D eigenvalue weighted by atomic mass is 19.4. The van der Waals surface area contributed by atoms with E-state index >= 15 is 0 Å². The monoisotopic (exact) mass is 454 g/mol. The fourth-order valence-electron chi connectivity index (χ4n) is 3.38. The second-order valence-electron chi connectivity index (χ2n) is 7.97. The van der Waals surface area contributed by atoms with Crippen LogP contribution in [-0.2, 0) is 4.79 Å². The van der Waals surface area contributed by atoms with E-state index in [1.165, 1.54) is 19.9 Å². The predicted octanol–water partition coefficient (Wildman–Crippen LogP) is 5.14. The van der Waals surface area contributed by atoms with Gasteiger partial charge >= 0.3 is 6.18 Å². The van der Waals surface area contributed by atoms with Gasteiger partial charge in [-0.05, 0) is 55.9 Å². The molecule has 1 N–H and O–H groups in total. The van der Waals surface area contributed by atoms with E-state index in [-0.39, 0.29) is 11.6 Å². The lowest BCUT2D eigenvalue weighted by Crippen LogP contribution is -2.27. The number of nitrogens with zero attached hydrogens (tertiary/aromatic N) is 3. The van der Waals surface area contributed by atoms with E-state index < -0.39 is 23.6 Å². The lowest BCUT2D eigenvalue weighted by molar-refractivity contribution is -0.116. The van der Waals surface area contributed by atoms with Gasteiger partial charge in [0, 0.05) is 29.0 Å². The summed E-state index contributed by atoms with van der Waals surface area (Å²) in [5.74, 6) is 4.75. The Hall–Kier alpha value is -3.60. The third-order valence-electron chi connectivity index (χ3n) is 5.21. The van der Waals surface area contributed by atoms with Gasteiger partial charge < -0.3 is 5.32 Å². The van der Waals surface area contributed by atoms with E-state index in [1.807, 2.05) is 12.1 Å². The van der Waals surface area contributed by atoms with Crippen LogP contribution in [0.2, 0.25) is 0 Å². The molecule has 1 amide bonds. The molecule has 0 fully saturated rings. The van der Waals surface area contributed by atoms with Crippen LogP contribution in [0.15, 0.2) is 71.2 Å². The number of nitrogens with one attached hydrogen (secondary N) is 1. The van der Waals surface area contributed by atoms with Gasteiger partial charge in [0.25, 0.3) is 5.91 Å². The number of carbonyl (C=O) groups excluding carboxylic acids is 1. The van der Waals surface area contributed by atoms with Crippen LogP contribution in [-0.4, -0.2) is 26.7 Å². The van der Waals surface area contributed by atoms with Crippen LogP contribution < -0.4 is 5.32 Å². The third kappa shape index (κ3) is 5.80. The first-order chi connectivity index (χ1) is 15.6. The summed E-state index contributed by atoms with van der Waals surface area (Å²) in [7, 11) is 0. The van der Waals surface area contributed by atoms with Crippen molar-refractivity contribution in [3.8, 4) is 11.8 Å². The van der Waals surface area contributed by atoms with Crippen molar-refractivity contribution in [2.45, 2.75) is 40.3 Å². The molecule has 0 bridgehead atoms. The average molecular weight is 454 g/mol. The lowest BCUT2D eigenvalue weighted by Gasteiger charge is -2.19. The Morgan fingerprint density at radius 1 is 1.36 bits per heavy atom. The predicted molar refractivity (Wildman–Crippen MR) is 121 cm³/mol. The summed E-state index contributed by atoms with van der Waals surface area (Å²) in [5, 5.41) is 6.83. The van der Waals surface area contributed by atoms with E-state index in [0.29, 0.717) is 23.3 Å². The molecular weight excluding hydrogens is 429 g/mol. The van der Waals surface area contributed by atoms with E-state index in [0.717, 1.165) is 11.6 Å². The zero-order valence-electron chi connectivity index (χ0n) is 18.9. The number of imidazole rings is 1. The fraction of sp³-hybridized carbons (Fsp3) is 0.320. The molecule has 2 aromatic heterocycles. The van der Waals surface area contributed by atoms with E-state index in [1.54, 1.807) is 42.9 Å². The van der Waals surface area contributed by atoms with Crippen LogP contribution in [0.5, 0.6) is 0 Å². The number of hydrogen-bond acceptors (Lipinski definition) is 3. The van der Waals surface area contributed by atoms with E-state index in [2.05, 4.69) is 27.2 Å². The minimum atomic E-state index is -4.47. The molecule has 1 unspecified atom stereocenters. The smallest absolute Gasteiger partial charge is 0.322 e. The Morgan fingerprint density at radius 2 is 2.12 bits per heavy atom. The van der Waals surface area contributed by atoms with Crippen molar-refractivity contribution in [1.29, 1.82) is 0 Å². The van der Waals surface area contributed by atoms with Crippen molar-refractivity contribution in [3.05, 3.63) is 76.9 Å². The SMILES string of the molecule is C/C=C(\C=C(/C(C)C)C(F)(F)F)NC(=O)C1=CC(C#Cc2cnc3cccnn23)CC=C1C. The number of alkyl halides is 3. The molecule has 1 aliphatic rings. The highest BCUT2D eigenvalue weighted by molar-refractivity contribution is 5.99. The zero-order valence-corrected chi connectivity index (χ0v) is 18.9. The minimum Gasteiger partial charge on any atom is -0.322 e. The first kappa shape index (κ1) is 24.1. The third-order valence-corrected chi connectivity index (χ3v) is 5.21. The summed E-state index contributed by atoms with van der Waals surface area (Å²) < 4.78 is 41.6. The Labute approximate surface area is 190 Å². The molecule has 0 radical (unpaired) electrons. The molecule has 3 rings (SSSR count). The fourth-order valence-corrected chi connectivity index (χ4v) is 3.38. The van der Waals surface area contributed by atoms with Crippen LogP contribution in [0.3, 0.4) is 0 Å². The molecular formula is C25H25F3N4O. The number of halogens is 3. The molecule has 8 heteroatoms. The molecule has 2 aromatic rings. The Morgan fingerprint density at radius 3 is 2.79 bits per heavy atom. The minimum absolute atomic E-state index is 0.0970. The number of aromatic nitrogens is 3. The van der Waals surface area contributed by atoms with Gasteiger partial charge in [-0.1, -0.05) is 38.0 Å². The number of rotatable bonds is 4. The highest BCUT2D eigenvalue weighted by Gasteiger charge is 2.35. The Bertz CT molecular complexity index is 1230. The second-order valence-corrected chi connectivity index (χ2v) is 7.97. The summed E-state index contributed by atoms with van der Waals surface area (Å²) in [4.78, 5) is 17.1. The number of hydrogen-bond donors (Lipinski definition) is 1. The summed E-state index contributed by atoms with van der Waals surface area (Å²) in [6, 6.07) is 3.61. The molecule has 0 aliphatic heterocycles. The molecule has 0 saturated heterocycles. The maximum Gasteiger partial charge on any atom is 0.413 e. The van der Waals surface area contributed by atoms with Crippen molar-refractivity contribution >= 4 is 11.6 Å². The summed E-state index contributed by atoms with van der Waals surface area (Å²) in [5.41, 5.74) is 1.85. The Kier molecular flexibility index (Phi) is 7.22. The maximum atomic E-state index is 13.3. The molecule has 2 heterocycles. The van der Waals surface area contributed by atoms with Gasteiger partial charge in [-0.2, -0.15) is 18.3 Å². The van der Waals surface area contributed by atoms with E-state index in [4.69, 9.17) is 0 Å². The van der Waals surface area contributed by atoms with Crippen molar-refractivity contribution in [3.63, 3.8) is 0 Å². The first-order valence-corrected chi connectivity index (χ1v) is 10.6. The van der Waals surface area contributed by atoms with Crippen molar-refractivity contribution in [2.75, 3.05) is 0 Å². The number of amides is 1. The van der Waals surface area contributed by atoms with Crippen LogP contribution in [0.1, 0.15) is 39.8 Å². The Balaban J connectivity index is 1.81. The van der Waals surface area contributed by atoms with Crippen LogP contribution in [0.25, 0.3) is 5.65 Å². The molecule has 0 saturated carbocycles. The van der Waals surface area contributed by atoms with Gasteiger partial charge in [-0.3, -0.25) is 4.79 Å². The summed E-state index contributed by atoms with van der Waals surface area (Å²) in [6.45, 7) is 6.31. The summed E-state index contributed by atoms with van der Waals surface area (Å²) in [6.07, 6.45) is 5.52. The molecule has 1 aliphatic carbocycles. The first-order valence-electron chi connectivity index (χ1n) is 10.6. The normalized spacial score (nSPS) is 17.4. The summed E-state index contributed by atoms with van der Waals surface area (Å²) >= 11 is 0. The van der Waals surface area contributed by atoms with Gasteiger partial charge in [0.15, 0.2) is 5.65 Å². The molecule has 33 heavy (non-hydrogen) atoms.